The lowest BCUT2D eigenvalue weighted by atomic mass is 10.3. The Labute approximate surface area is 85.6 Å². The molecule has 80 valence electrons. The molecule has 0 atom stereocenters. The lowest BCUT2D eigenvalue weighted by Crippen LogP contribution is -2.32. The van der Waals surface area contributed by atoms with E-state index in [1.54, 1.807) is 4.90 Å². The molecule has 0 aromatic rings. The number of carbonyl (C=O) groups is 1. The molecule has 0 aliphatic carbocycles. The lowest BCUT2D eigenvalue weighted by Gasteiger charge is -2.17. The molecule has 1 heterocycles. The molecule has 1 rings (SSSR count). The van der Waals surface area contributed by atoms with E-state index in [9.17, 15) is 4.79 Å². The summed E-state index contributed by atoms with van der Waals surface area (Å²) in [7, 11) is 1.83. The van der Waals surface area contributed by atoms with Crippen LogP contribution >= 0.6 is 0 Å². The first-order valence-electron chi connectivity index (χ1n) is 5.02. The zero-order chi connectivity index (χ0) is 10.6. The van der Waals surface area contributed by atoms with Gasteiger partial charge in [-0.15, -0.1) is 0 Å². The Morgan fingerprint density at radius 3 is 2.79 bits per heavy atom. The van der Waals surface area contributed by atoms with Crippen LogP contribution in [0.25, 0.3) is 0 Å². The van der Waals surface area contributed by atoms with Gasteiger partial charge in [0.1, 0.15) is 0 Å². The molecule has 2 amide bonds. The van der Waals surface area contributed by atoms with Gasteiger partial charge in [0.25, 0.3) is 0 Å². The largest absolute Gasteiger partial charge is 0.326 e. The van der Waals surface area contributed by atoms with Crippen molar-refractivity contribution in [3.63, 3.8) is 0 Å². The van der Waals surface area contributed by atoms with Gasteiger partial charge in [0.15, 0.2) is 0 Å². The molecule has 0 aromatic carbocycles. The molecule has 1 aliphatic heterocycles. The summed E-state index contributed by atoms with van der Waals surface area (Å²) in [6.45, 7) is 10.1. The zero-order valence-corrected chi connectivity index (χ0v) is 9.05. The molecule has 0 aromatic heterocycles. The summed E-state index contributed by atoms with van der Waals surface area (Å²) in [6.07, 6.45) is 0. The molecule has 0 radical (unpaired) electrons. The minimum absolute atomic E-state index is 0.114. The van der Waals surface area contributed by atoms with Crippen molar-refractivity contribution in [1.82, 2.24) is 15.1 Å². The Balaban J connectivity index is 2.30. The highest BCUT2D eigenvalue weighted by atomic mass is 16.2. The summed E-state index contributed by atoms with van der Waals surface area (Å²) < 4.78 is 0. The Hall–Kier alpha value is -1.03. The van der Waals surface area contributed by atoms with Crippen molar-refractivity contribution in [3.05, 3.63) is 12.2 Å². The maximum atomic E-state index is 11.5. The van der Waals surface area contributed by atoms with Crippen molar-refractivity contribution >= 4 is 6.03 Å². The Morgan fingerprint density at radius 2 is 2.29 bits per heavy atom. The van der Waals surface area contributed by atoms with Crippen LogP contribution < -0.4 is 5.32 Å². The van der Waals surface area contributed by atoms with Crippen molar-refractivity contribution in [3.8, 4) is 0 Å². The van der Waals surface area contributed by atoms with Gasteiger partial charge in [-0.05, 0) is 12.1 Å². The van der Waals surface area contributed by atoms with E-state index in [0.29, 0.717) is 6.54 Å². The lowest BCUT2D eigenvalue weighted by molar-refractivity contribution is 0.201. The quantitative estimate of drug-likeness (QED) is 0.652. The maximum absolute atomic E-state index is 11.5. The average Bonchev–Trinajstić information content (AvgIpc) is 2.46. The highest BCUT2D eigenvalue weighted by Gasteiger charge is 2.24. The Kier molecular flexibility index (Phi) is 3.95. The summed E-state index contributed by atoms with van der Waals surface area (Å²) in [5, 5.41) is 3.20. The van der Waals surface area contributed by atoms with Crippen LogP contribution in [0.5, 0.6) is 0 Å². The smallest absolute Gasteiger partial charge is 0.320 e. The molecule has 14 heavy (non-hydrogen) atoms. The van der Waals surface area contributed by atoms with Crippen LogP contribution in [0.1, 0.15) is 6.92 Å². The van der Waals surface area contributed by atoms with E-state index in [4.69, 9.17) is 0 Å². The van der Waals surface area contributed by atoms with E-state index < -0.39 is 0 Å². The summed E-state index contributed by atoms with van der Waals surface area (Å²) in [5.74, 6) is 0. The Bertz CT molecular complexity index is 227. The molecule has 4 nitrogen and oxygen atoms in total. The number of likely N-dealkylation sites (N-methyl/N-ethyl adjacent to an activating group) is 2. The number of nitrogens with one attached hydrogen (secondary N) is 1. The topological polar surface area (TPSA) is 35.6 Å². The van der Waals surface area contributed by atoms with Gasteiger partial charge in [0.05, 0.1) is 0 Å². The third-order valence-corrected chi connectivity index (χ3v) is 2.34. The zero-order valence-electron chi connectivity index (χ0n) is 9.05. The number of amides is 2. The number of urea groups is 1. The molecular formula is C10H19N3O. The molecule has 1 fully saturated rings. The van der Waals surface area contributed by atoms with Crippen molar-refractivity contribution in [2.45, 2.75) is 6.92 Å². The van der Waals surface area contributed by atoms with Gasteiger partial charge < -0.3 is 15.1 Å². The fourth-order valence-corrected chi connectivity index (χ4v) is 1.48. The highest BCUT2D eigenvalue weighted by molar-refractivity contribution is 5.76. The minimum Gasteiger partial charge on any atom is -0.326 e. The highest BCUT2D eigenvalue weighted by Crippen LogP contribution is 2.07. The molecule has 0 saturated carbocycles. The normalized spacial score (nSPS) is 16.6. The monoisotopic (exact) mass is 197 g/mol. The number of nitrogens with zero attached hydrogens (tertiary/aromatic N) is 2. The summed E-state index contributed by atoms with van der Waals surface area (Å²) in [4.78, 5) is 15.1. The fraction of sp³-hybridized carbons (Fsp3) is 0.700. The number of hydrogen-bond donors (Lipinski definition) is 1. The van der Waals surface area contributed by atoms with Crippen LogP contribution in [0.2, 0.25) is 0 Å². The second-order valence-electron chi connectivity index (χ2n) is 3.66. The molecule has 0 unspecified atom stereocenters. The summed E-state index contributed by atoms with van der Waals surface area (Å²) in [6, 6.07) is 0.114. The van der Waals surface area contributed by atoms with E-state index in [1.807, 2.05) is 11.9 Å². The van der Waals surface area contributed by atoms with Crippen molar-refractivity contribution < 1.29 is 4.79 Å². The number of hydrogen-bond acceptors (Lipinski definition) is 2. The van der Waals surface area contributed by atoms with Gasteiger partial charge in [-0.3, -0.25) is 0 Å². The van der Waals surface area contributed by atoms with Crippen molar-refractivity contribution in [2.24, 2.45) is 0 Å². The van der Waals surface area contributed by atoms with Crippen molar-refractivity contribution in [1.29, 1.82) is 0 Å². The maximum Gasteiger partial charge on any atom is 0.320 e. The standard InChI is InChI=1S/C10H19N3O/c1-4-11-7-9(2)8-13-6-5-12(3)10(13)14/h11H,2,4-8H2,1,3H3. The first kappa shape index (κ1) is 11.0. The predicted octanol–water partition coefficient (Wildman–Crippen LogP) is 0.520. The van der Waals surface area contributed by atoms with Crippen LogP contribution in [0.15, 0.2) is 12.2 Å². The van der Waals surface area contributed by atoms with E-state index in [-0.39, 0.29) is 6.03 Å². The van der Waals surface area contributed by atoms with Gasteiger partial charge in [-0.2, -0.15) is 0 Å². The summed E-state index contributed by atoms with van der Waals surface area (Å²) in [5.41, 5.74) is 1.07. The second-order valence-corrected chi connectivity index (χ2v) is 3.66. The van der Waals surface area contributed by atoms with Crippen LogP contribution in [0.4, 0.5) is 4.79 Å². The molecular weight excluding hydrogens is 178 g/mol. The molecule has 1 saturated heterocycles. The molecule has 1 aliphatic rings. The van der Waals surface area contributed by atoms with Gasteiger partial charge in [0.2, 0.25) is 0 Å². The van der Waals surface area contributed by atoms with E-state index in [1.165, 1.54) is 0 Å². The van der Waals surface area contributed by atoms with E-state index in [0.717, 1.165) is 31.8 Å². The fourth-order valence-electron chi connectivity index (χ4n) is 1.48. The molecule has 0 spiro atoms. The van der Waals surface area contributed by atoms with Crippen LogP contribution in [-0.4, -0.2) is 55.6 Å². The van der Waals surface area contributed by atoms with Gasteiger partial charge in [-0.25, -0.2) is 4.79 Å². The minimum atomic E-state index is 0.114. The van der Waals surface area contributed by atoms with Crippen LogP contribution in [-0.2, 0) is 0 Å². The average molecular weight is 197 g/mol. The third kappa shape index (κ3) is 2.73. The SMILES string of the molecule is C=C(CNCC)CN1CCN(C)C1=O. The van der Waals surface area contributed by atoms with Gasteiger partial charge >= 0.3 is 6.03 Å². The van der Waals surface area contributed by atoms with E-state index in [2.05, 4.69) is 18.8 Å². The third-order valence-electron chi connectivity index (χ3n) is 2.34. The molecule has 0 bridgehead atoms. The first-order valence-corrected chi connectivity index (χ1v) is 5.02. The molecule has 4 heteroatoms. The number of rotatable bonds is 5. The Morgan fingerprint density at radius 1 is 1.57 bits per heavy atom. The predicted molar refractivity (Wildman–Crippen MR) is 57.3 cm³/mol. The van der Waals surface area contributed by atoms with Crippen LogP contribution in [0.3, 0.4) is 0 Å². The van der Waals surface area contributed by atoms with Gasteiger partial charge in [-0.1, -0.05) is 13.5 Å². The second kappa shape index (κ2) is 5.00. The van der Waals surface area contributed by atoms with Crippen molar-refractivity contribution in [2.75, 3.05) is 39.8 Å². The van der Waals surface area contributed by atoms with Gasteiger partial charge in [0, 0.05) is 33.2 Å². The molecule has 1 N–H and O–H groups in total. The van der Waals surface area contributed by atoms with E-state index >= 15 is 0 Å². The summed E-state index contributed by atoms with van der Waals surface area (Å²) >= 11 is 0. The van der Waals surface area contributed by atoms with Crippen LogP contribution in [0, 0.1) is 0 Å². The number of carbonyl (C=O) groups excluding carboxylic acids is 1. The first-order chi connectivity index (χ1) is 6.65.